The van der Waals surface area contributed by atoms with Gasteiger partial charge in [-0.05, 0) is 38.1 Å². The first-order valence-corrected chi connectivity index (χ1v) is 8.39. The lowest BCUT2D eigenvalue weighted by Crippen LogP contribution is -2.38. The van der Waals surface area contributed by atoms with Gasteiger partial charge in [0, 0.05) is 30.4 Å². The molecule has 1 aliphatic heterocycles. The van der Waals surface area contributed by atoms with Gasteiger partial charge in [0.15, 0.2) is 5.13 Å². The maximum absolute atomic E-state index is 4.98. The van der Waals surface area contributed by atoms with E-state index in [1.807, 2.05) is 18.4 Å². The summed E-state index contributed by atoms with van der Waals surface area (Å²) in [7, 11) is 2.03. The Morgan fingerprint density at radius 1 is 1.26 bits per heavy atom. The van der Waals surface area contributed by atoms with Crippen LogP contribution in [-0.2, 0) is 6.54 Å². The SMILES string of the molecule is CNCc1sc(N2CCC(C)C(C)C2)nc1C1CC1. The molecule has 106 valence electrons. The molecule has 0 radical (unpaired) electrons. The number of thiazole rings is 1. The quantitative estimate of drug-likeness (QED) is 0.917. The van der Waals surface area contributed by atoms with Crippen LogP contribution < -0.4 is 10.2 Å². The van der Waals surface area contributed by atoms with Gasteiger partial charge in [-0.2, -0.15) is 0 Å². The van der Waals surface area contributed by atoms with E-state index in [9.17, 15) is 0 Å². The third-order valence-electron chi connectivity index (χ3n) is 4.62. The van der Waals surface area contributed by atoms with Crippen molar-refractivity contribution < 1.29 is 0 Å². The van der Waals surface area contributed by atoms with Gasteiger partial charge in [-0.1, -0.05) is 13.8 Å². The van der Waals surface area contributed by atoms with Crippen LogP contribution in [0.1, 0.15) is 49.6 Å². The monoisotopic (exact) mass is 279 g/mol. The molecule has 3 rings (SSSR count). The van der Waals surface area contributed by atoms with E-state index in [0.29, 0.717) is 0 Å². The van der Waals surface area contributed by atoms with Crippen molar-refractivity contribution in [2.24, 2.45) is 11.8 Å². The Hall–Kier alpha value is -0.610. The molecule has 2 aliphatic rings. The Labute approximate surface area is 120 Å². The van der Waals surface area contributed by atoms with E-state index in [0.717, 1.165) is 24.3 Å². The number of rotatable bonds is 4. The summed E-state index contributed by atoms with van der Waals surface area (Å²) in [5, 5.41) is 4.56. The summed E-state index contributed by atoms with van der Waals surface area (Å²) in [6.07, 6.45) is 3.99. The van der Waals surface area contributed by atoms with Crippen LogP contribution in [0, 0.1) is 11.8 Å². The Kier molecular flexibility index (Phi) is 3.81. The third-order valence-corrected chi connectivity index (χ3v) is 5.75. The average molecular weight is 279 g/mol. The van der Waals surface area contributed by atoms with Gasteiger partial charge in [0.05, 0.1) is 5.69 Å². The molecule has 3 nitrogen and oxygen atoms in total. The Balaban J connectivity index is 1.78. The minimum atomic E-state index is 0.759. The highest BCUT2D eigenvalue weighted by Gasteiger charge is 2.31. The van der Waals surface area contributed by atoms with Gasteiger partial charge in [0.2, 0.25) is 0 Å². The molecule has 1 aliphatic carbocycles. The van der Waals surface area contributed by atoms with E-state index in [1.165, 1.54) is 48.1 Å². The fourth-order valence-electron chi connectivity index (χ4n) is 2.89. The van der Waals surface area contributed by atoms with Gasteiger partial charge < -0.3 is 10.2 Å². The molecule has 1 aromatic rings. The van der Waals surface area contributed by atoms with E-state index in [4.69, 9.17) is 4.98 Å². The number of piperidine rings is 1. The summed E-state index contributed by atoms with van der Waals surface area (Å²) >= 11 is 1.91. The molecule has 2 unspecified atom stereocenters. The second kappa shape index (κ2) is 5.41. The Morgan fingerprint density at radius 2 is 2.05 bits per heavy atom. The molecule has 1 N–H and O–H groups in total. The molecule has 1 saturated heterocycles. The lowest BCUT2D eigenvalue weighted by atomic mass is 9.89. The van der Waals surface area contributed by atoms with Crippen molar-refractivity contribution in [2.75, 3.05) is 25.0 Å². The molecular weight excluding hydrogens is 254 g/mol. The molecule has 1 aromatic heterocycles. The maximum atomic E-state index is 4.98. The number of aromatic nitrogens is 1. The predicted molar refractivity (Wildman–Crippen MR) is 82.0 cm³/mol. The van der Waals surface area contributed by atoms with Crippen LogP contribution in [0.2, 0.25) is 0 Å². The van der Waals surface area contributed by atoms with E-state index >= 15 is 0 Å². The lowest BCUT2D eigenvalue weighted by Gasteiger charge is -2.35. The average Bonchev–Trinajstić information content (AvgIpc) is 3.15. The molecule has 4 heteroatoms. The molecule has 2 atom stereocenters. The van der Waals surface area contributed by atoms with Gasteiger partial charge in [-0.15, -0.1) is 11.3 Å². The molecule has 2 fully saturated rings. The zero-order chi connectivity index (χ0) is 13.4. The van der Waals surface area contributed by atoms with Gasteiger partial charge in [0.1, 0.15) is 0 Å². The Morgan fingerprint density at radius 3 is 2.68 bits per heavy atom. The van der Waals surface area contributed by atoms with Crippen LogP contribution in [0.3, 0.4) is 0 Å². The second-order valence-electron chi connectivity index (χ2n) is 6.30. The number of nitrogens with one attached hydrogen (secondary N) is 1. The van der Waals surface area contributed by atoms with Crippen LogP contribution in [0.4, 0.5) is 5.13 Å². The number of nitrogens with zero attached hydrogens (tertiary/aromatic N) is 2. The van der Waals surface area contributed by atoms with E-state index in [1.54, 1.807) is 0 Å². The molecule has 1 saturated carbocycles. The topological polar surface area (TPSA) is 28.2 Å². The zero-order valence-electron chi connectivity index (χ0n) is 12.3. The summed E-state index contributed by atoms with van der Waals surface area (Å²) in [6.45, 7) is 8.09. The highest BCUT2D eigenvalue weighted by atomic mass is 32.1. The van der Waals surface area contributed by atoms with E-state index in [-0.39, 0.29) is 0 Å². The first-order chi connectivity index (χ1) is 9.19. The summed E-state index contributed by atoms with van der Waals surface area (Å²) in [4.78, 5) is 8.96. The standard InChI is InChI=1S/C15H25N3S/c1-10-6-7-18(9-11(10)2)15-17-14(12-4-5-12)13(19-15)8-16-3/h10-12,16H,4-9H2,1-3H3. The molecule has 19 heavy (non-hydrogen) atoms. The first-order valence-electron chi connectivity index (χ1n) is 7.58. The van der Waals surface area contributed by atoms with E-state index in [2.05, 4.69) is 24.1 Å². The maximum Gasteiger partial charge on any atom is 0.185 e. The minimum absolute atomic E-state index is 0.759. The number of anilines is 1. The fourth-order valence-corrected chi connectivity index (χ4v) is 4.08. The lowest BCUT2D eigenvalue weighted by molar-refractivity contribution is 0.323. The van der Waals surface area contributed by atoms with Crippen LogP contribution in [0.5, 0.6) is 0 Å². The van der Waals surface area contributed by atoms with Crippen molar-refractivity contribution in [1.82, 2.24) is 10.3 Å². The van der Waals surface area contributed by atoms with Crippen LogP contribution in [-0.4, -0.2) is 25.1 Å². The highest BCUT2D eigenvalue weighted by Crippen LogP contribution is 2.44. The van der Waals surface area contributed by atoms with Gasteiger partial charge in [0.25, 0.3) is 0 Å². The summed E-state index contributed by atoms with van der Waals surface area (Å²) < 4.78 is 0. The molecule has 2 heterocycles. The number of hydrogen-bond acceptors (Lipinski definition) is 4. The Bertz CT molecular complexity index is 439. The molecule has 0 aromatic carbocycles. The van der Waals surface area contributed by atoms with Gasteiger partial charge >= 0.3 is 0 Å². The summed E-state index contributed by atoms with van der Waals surface area (Å²) in [6, 6.07) is 0. The van der Waals surface area contributed by atoms with Crippen molar-refractivity contribution in [2.45, 2.75) is 45.6 Å². The summed E-state index contributed by atoms with van der Waals surface area (Å²) in [5.74, 6) is 2.40. The van der Waals surface area contributed by atoms with Crippen molar-refractivity contribution in [3.05, 3.63) is 10.6 Å². The fraction of sp³-hybridized carbons (Fsp3) is 0.800. The van der Waals surface area contributed by atoms with Crippen molar-refractivity contribution in [3.8, 4) is 0 Å². The normalized spacial score (nSPS) is 27.8. The van der Waals surface area contributed by atoms with Crippen molar-refractivity contribution >= 4 is 16.5 Å². The van der Waals surface area contributed by atoms with Gasteiger partial charge in [-0.3, -0.25) is 0 Å². The molecular formula is C15H25N3S. The molecule has 0 bridgehead atoms. The summed E-state index contributed by atoms with van der Waals surface area (Å²) in [5.41, 5.74) is 1.39. The van der Waals surface area contributed by atoms with Crippen molar-refractivity contribution in [1.29, 1.82) is 0 Å². The van der Waals surface area contributed by atoms with Crippen LogP contribution >= 0.6 is 11.3 Å². The second-order valence-corrected chi connectivity index (χ2v) is 7.36. The minimum Gasteiger partial charge on any atom is -0.348 e. The largest absolute Gasteiger partial charge is 0.348 e. The smallest absolute Gasteiger partial charge is 0.185 e. The number of hydrogen-bond donors (Lipinski definition) is 1. The van der Waals surface area contributed by atoms with Crippen LogP contribution in [0.25, 0.3) is 0 Å². The first kappa shape index (κ1) is 13.4. The van der Waals surface area contributed by atoms with E-state index < -0.39 is 0 Å². The third kappa shape index (κ3) is 2.79. The molecule has 0 spiro atoms. The predicted octanol–water partition coefficient (Wildman–Crippen LogP) is 3.22. The molecule has 0 amide bonds. The van der Waals surface area contributed by atoms with Crippen LogP contribution in [0.15, 0.2) is 0 Å². The van der Waals surface area contributed by atoms with Crippen molar-refractivity contribution in [3.63, 3.8) is 0 Å². The highest BCUT2D eigenvalue weighted by molar-refractivity contribution is 7.15. The van der Waals surface area contributed by atoms with Gasteiger partial charge in [-0.25, -0.2) is 4.98 Å². The zero-order valence-corrected chi connectivity index (χ0v) is 13.1.